The van der Waals surface area contributed by atoms with Crippen molar-refractivity contribution in [2.45, 2.75) is 19.1 Å². The van der Waals surface area contributed by atoms with Gasteiger partial charge in [0.1, 0.15) is 11.5 Å². The quantitative estimate of drug-likeness (QED) is 0.886. The van der Waals surface area contributed by atoms with Crippen LogP contribution in [0.5, 0.6) is 11.5 Å². The average molecular weight is 293 g/mol. The fraction of sp³-hybridized carbons (Fsp3) is 0.250. The maximum Gasteiger partial charge on any atom is 0.387 e. The van der Waals surface area contributed by atoms with E-state index in [0.29, 0.717) is 12.0 Å². The predicted molar refractivity (Wildman–Crippen MR) is 76.7 cm³/mol. The fourth-order valence-electron chi connectivity index (χ4n) is 2.21. The van der Waals surface area contributed by atoms with E-state index in [1.807, 2.05) is 24.3 Å². The summed E-state index contributed by atoms with van der Waals surface area (Å²) in [4.78, 5) is 0. The number of alkyl halides is 2. The maximum atomic E-state index is 12.4. The minimum atomic E-state index is -2.87. The molecule has 0 fully saturated rings. The van der Waals surface area contributed by atoms with E-state index in [1.165, 1.54) is 6.07 Å². The lowest BCUT2D eigenvalue weighted by atomic mass is 9.98. The van der Waals surface area contributed by atoms with Crippen molar-refractivity contribution < 1.29 is 18.3 Å². The second kappa shape index (κ2) is 7.04. The van der Waals surface area contributed by atoms with Gasteiger partial charge in [-0.25, -0.2) is 0 Å². The van der Waals surface area contributed by atoms with Gasteiger partial charge in [-0.1, -0.05) is 36.4 Å². The molecule has 5 heteroatoms. The van der Waals surface area contributed by atoms with Crippen molar-refractivity contribution in [2.24, 2.45) is 5.73 Å². The van der Waals surface area contributed by atoms with Crippen molar-refractivity contribution in [3.63, 3.8) is 0 Å². The molecule has 0 spiro atoms. The van der Waals surface area contributed by atoms with Crippen LogP contribution in [-0.2, 0) is 6.42 Å². The second-order valence-electron chi connectivity index (χ2n) is 4.54. The van der Waals surface area contributed by atoms with Crippen LogP contribution >= 0.6 is 0 Å². The van der Waals surface area contributed by atoms with Gasteiger partial charge in [0.25, 0.3) is 0 Å². The smallest absolute Gasteiger partial charge is 0.387 e. The number of halogens is 2. The molecule has 1 unspecified atom stereocenters. The number of benzene rings is 2. The highest BCUT2D eigenvalue weighted by Gasteiger charge is 2.16. The molecule has 2 N–H and O–H groups in total. The van der Waals surface area contributed by atoms with Crippen molar-refractivity contribution >= 4 is 0 Å². The minimum Gasteiger partial charge on any atom is -0.496 e. The third-order valence-electron chi connectivity index (χ3n) is 3.17. The van der Waals surface area contributed by atoms with Gasteiger partial charge in [0.2, 0.25) is 0 Å². The summed E-state index contributed by atoms with van der Waals surface area (Å²) in [6.07, 6.45) is 0.466. The topological polar surface area (TPSA) is 44.5 Å². The van der Waals surface area contributed by atoms with Gasteiger partial charge in [-0.3, -0.25) is 0 Å². The summed E-state index contributed by atoms with van der Waals surface area (Å²) in [6, 6.07) is 13.6. The summed E-state index contributed by atoms with van der Waals surface area (Å²) in [5.41, 5.74) is 7.61. The molecule has 0 bridgehead atoms. The van der Waals surface area contributed by atoms with Crippen molar-refractivity contribution in [3.05, 3.63) is 59.7 Å². The number of nitrogens with two attached hydrogens (primary N) is 1. The molecule has 0 saturated heterocycles. The Morgan fingerprint density at radius 3 is 2.29 bits per heavy atom. The minimum absolute atomic E-state index is 0.106. The van der Waals surface area contributed by atoms with Crippen molar-refractivity contribution in [2.75, 3.05) is 7.11 Å². The van der Waals surface area contributed by atoms with Crippen LogP contribution in [0.4, 0.5) is 8.78 Å². The molecular weight excluding hydrogens is 276 g/mol. The molecule has 0 aliphatic rings. The molecule has 21 heavy (non-hydrogen) atoms. The van der Waals surface area contributed by atoms with E-state index in [-0.39, 0.29) is 5.75 Å². The van der Waals surface area contributed by atoms with E-state index < -0.39 is 12.7 Å². The predicted octanol–water partition coefficient (Wildman–Crippen LogP) is 3.54. The molecule has 3 nitrogen and oxygen atoms in total. The summed E-state index contributed by atoms with van der Waals surface area (Å²) in [5.74, 6) is 0.829. The molecule has 0 aliphatic carbocycles. The molecular formula is C16H17F2NO2. The van der Waals surface area contributed by atoms with Crippen molar-refractivity contribution in [1.29, 1.82) is 0 Å². The van der Waals surface area contributed by atoms with E-state index in [4.69, 9.17) is 10.5 Å². The number of hydrogen-bond acceptors (Lipinski definition) is 3. The van der Waals surface area contributed by atoms with Crippen LogP contribution in [0.15, 0.2) is 48.5 Å². The van der Waals surface area contributed by atoms with Crippen LogP contribution in [0.3, 0.4) is 0 Å². The lowest BCUT2D eigenvalue weighted by Crippen LogP contribution is -2.16. The van der Waals surface area contributed by atoms with E-state index in [9.17, 15) is 8.78 Å². The second-order valence-corrected chi connectivity index (χ2v) is 4.54. The maximum absolute atomic E-state index is 12.4. The first kappa shape index (κ1) is 15.3. The Labute approximate surface area is 122 Å². The molecule has 0 amide bonds. The van der Waals surface area contributed by atoms with E-state index in [1.54, 1.807) is 25.3 Å². The molecule has 2 rings (SSSR count). The lowest BCUT2D eigenvalue weighted by molar-refractivity contribution is -0.0506. The standard InChI is InChI=1S/C16H17F2NO2/c1-20-14-8-4-2-6-11(14)10-13(19)12-7-3-5-9-15(12)21-16(17)18/h2-9,13,16H,10,19H2,1H3. The van der Waals surface area contributed by atoms with Gasteiger partial charge in [-0.15, -0.1) is 0 Å². The van der Waals surface area contributed by atoms with Gasteiger partial charge in [-0.05, 0) is 24.1 Å². The Balaban J connectivity index is 2.22. The largest absolute Gasteiger partial charge is 0.496 e. The summed E-state index contributed by atoms with van der Waals surface area (Å²) in [7, 11) is 1.58. The molecule has 0 aromatic heterocycles. The molecule has 112 valence electrons. The van der Waals surface area contributed by atoms with E-state index in [0.717, 1.165) is 11.3 Å². The zero-order chi connectivity index (χ0) is 15.2. The summed E-state index contributed by atoms with van der Waals surface area (Å²) >= 11 is 0. The van der Waals surface area contributed by atoms with Crippen LogP contribution in [-0.4, -0.2) is 13.7 Å². The van der Waals surface area contributed by atoms with Gasteiger partial charge in [0.05, 0.1) is 7.11 Å². The Morgan fingerprint density at radius 2 is 1.62 bits per heavy atom. The van der Waals surface area contributed by atoms with Crippen LogP contribution in [0, 0.1) is 0 Å². The first-order chi connectivity index (χ1) is 10.1. The molecule has 0 aliphatic heterocycles. The molecule has 2 aromatic rings. The fourth-order valence-corrected chi connectivity index (χ4v) is 2.21. The van der Waals surface area contributed by atoms with Crippen LogP contribution < -0.4 is 15.2 Å². The van der Waals surface area contributed by atoms with Gasteiger partial charge in [-0.2, -0.15) is 8.78 Å². The third-order valence-corrected chi connectivity index (χ3v) is 3.17. The monoisotopic (exact) mass is 293 g/mol. The number of para-hydroxylation sites is 2. The highest BCUT2D eigenvalue weighted by molar-refractivity contribution is 5.39. The average Bonchev–Trinajstić information content (AvgIpc) is 2.47. The Bertz CT molecular complexity index is 590. The van der Waals surface area contributed by atoms with Crippen LogP contribution in [0.25, 0.3) is 0 Å². The summed E-state index contributed by atoms with van der Waals surface area (Å²) in [5, 5.41) is 0. The Morgan fingerprint density at radius 1 is 1.00 bits per heavy atom. The highest BCUT2D eigenvalue weighted by atomic mass is 19.3. The number of methoxy groups -OCH3 is 1. The summed E-state index contributed by atoms with van der Waals surface area (Å²) in [6.45, 7) is -2.87. The van der Waals surface area contributed by atoms with Gasteiger partial charge in [0.15, 0.2) is 0 Å². The number of ether oxygens (including phenoxy) is 2. The normalized spacial score (nSPS) is 12.2. The first-order valence-corrected chi connectivity index (χ1v) is 6.53. The molecule has 0 heterocycles. The van der Waals surface area contributed by atoms with Crippen molar-refractivity contribution in [3.8, 4) is 11.5 Å². The highest BCUT2D eigenvalue weighted by Crippen LogP contribution is 2.29. The zero-order valence-electron chi connectivity index (χ0n) is 11.6. The van der Waals surface area contributed by atoms with Gasteiger partial charge >= 0.3 is 6.61 Å². The molecule has 1 atom stereocenters. The van der Waals surface area contributed by atoms with Gasteiger partial charge in [0, 0.05) is 11.6 Å². The molecule has 0 saturated carbocycles. The Hall–Kier alpha value is -2.14. The van der Waals surface area contributed by atoms with Gasteiger partial charge < -0.3 is 15.2 Å². The van der Waals surface area contributed by atoms with Crippen molar-refractivity contribution in [1.82, 2.24) is 0 Å². The van der Waals surface area contributed by atoms with Crippen LogP contribution in [0.2, 0.25) is 0 Å². The van der Waals surface area contributed by atoms with Crippen LogP contribution in [0.1, 0.15) is 17.2 Å². The zero-order valence-corrected chi connectivity index (χ0v) is 11.6. The number of rotatable bonds is 6. The molecule has 2 aromatic carbocycles. The first-order valence-electron chi connectivity index (χ1n) is 6.53. The Kier molecular flexibility index (Phi) is 5.11. The SMILES string of the molecule is COc1ccccc1CC(N)c1ccccc1OC(F)F. The molecule has 0 radical (unpaired) electrons. The number of hydrogen-bond donors (Lipinski definition) is 1. The van der Waals surface area contributed by atoms with E-state index in [2.05, 4.69) is 4.74 Å². The third kappa shape index (κ3) is 3.92. The van der Waals surface area contributed by atoms with E-state index >= 15 is 0 Å². The lowest BCUT2D eigenvalue weighted by Gasteiger charge is -2.18. The summed E-state index contributed by atoms with van der Waals surface area (Å²) < 4.78 is 34.6.